The van der Waals surface area contributed by atoms with Gasteiger partial charge in [0.05, 0.1) is 23.2 Å². The van der Waals surface area contributed by atoms with Crippen molar-refractivity contribution in [1.29, 1.82) is 0 Å². The van der Waals surface area contributed by atoms with Gasteiger partial charge in [0.1, 0.15) is 0 Å². The molecule has 1 aromatic heterocycles. The van der Waals surface area contributed by atoms with Gasteiger partial charge in [-0.25, -0.2) is 13.1 Å². The summed E-state index contributed by atoms with van der Waals surface area (Å²) >= 11 is 0. The van der Waals surface area contributed by atoms with E-state index in [1.54, 1.807) is 30.3 Å². The number of anilines is 1. The molecule has 0 atom stereocenters. The Bertz CT molecular complexity index is 1160. The van der Waals surface area contributed by atoms with Gasteiger partial charge in [0.25, 0.3) is 5.91 Å². The molecular formula is C19H17N3O7S. The Labute approximate surface area is 171 Å². The number of benzene rings is 2. The fourth-order valence-corrected chi connectivity index (χ4v) is 3.59. The number of nitro groups is 1. The zero-order valence-electron chi connectivity index (χ0n) is 15.7. The summed E-state index contributed by atoms with van der Waals surface area (Å²) in [6.45, 7) is -0.0471. The van der Waals surface area contributed by atoms with E-state index >= 15 is 0 Å². The first-order valence-electron chi connectivity index (χ1n) is 8.56. The van der Waals surface area contributed by atoms with Crippen LogP contribution in [0, 0.1) is 10.1 Å². The van der Waals surface area contributed by atoms with Crippen molar-refractivity contribution < 1.29 is 27.3 Å². The highest BCUT2D eigenvalue weighted by Crippen LogP contribution is 2.29. The first-order chi connectivity index (χ1) is 14.3. The van der Waals surface area contributed by atoms with Crippen LogP contribution in [0.3, 0.4) is 0 Å². The largest absolute Gasteiger partial charge is 0.490 e. The molecule has 3 aromatic rings. The van der Waals surface area contributed by atoms with Gasteiger partial charge in [-0.15, -0.1) is 0 Å². The van der Waals surface area contributed by atoms with Crippen LogP contribution in [-0.4, -0.2) is 26.4 Å². The Morgan fingerprint density at radius 2 is 1.90 bits per heavy atom. The average molecular weight is 431 g/mol. The summed E-state index contributed by atoms with van der Waals surface area (Å²) in [5.74, 6) is -0.277. The molecule has 1 heterocycles. The first kappa shape index (κ1) is 21.0. The zero-order valence-corrected chi connectivity index (χ0v) is 16.5. The predicted octanol–water partition coefficient (Wildman–Crippen LogP) is 2.93. The molecule has 0 bridgehead atoms. The van der Waals surface area contributed by atoms with E-state index in [1.165, 1.54) is 31.6 Å². The molecule has 0 fully saturated rings. The van der Waals surface area contributed by atoms with Gasteiger partial charge in [0, 0.05) is 18.3 Å². The van der Waals surface area contributed by atoms with Gasteiger partial charge in [0.15, 0.2) is 11.5 Å². The molecule has 2 aromatic carbocycles. The third-order valence-corrected chi connectivity index (χ3v) is 5.48. The number of nitrogens with one attached hydrogen (secondary N) is 2. The van der Waals surface area contributed by atoms with Gasteiger partial charge in [0.2, 0.25) is 10.0 Å². The number of hydrogen-bond acceptors (Lipinski definition) is 7. The number of methoxy groups -OCH3 is 1. The van der Waals surface area contributed by atoms with Gasteiger partial charge in [-0.2, -0.15) is 0 Å². The molecule has 0 saturated carbocycles. The van der Waals surface area contributed by atoms with Crippen LogP contribution in [-0.2, 0) is 16.6 Å². The Kier molecular flexibility index (Phi) is 6.14. The summed E-state index contributed by atoms with van der Waals surface area (Å²) in [5, 5.41) is 13.7. The number of nitro benzene ring substituents is 1. The molecule has 0 radical (unpaired) electrons. The molecular weight excluding hydrogens is 414 g/mol. The van der Waals surface area contributed by atoms with Crippen molar-refractivity contribution in [3.05, 3.63) is 82.3 Å². The lowest BCUT2D eigenvalue weighted by molar-refractivity contribution is -0.386. The predicted molar refractivity (Wildman–Crippen MR) is 107 cm³/mol. The average Bonchev–Trinajstić information content (AvgIpc) is 3.28. The van der Waals surface area contributed by atoms with E-state index in [2.05, 4.69) is 10.0 Å². The summed E-state index contributed by atoms with van der Waals surface area (Å²) < 4.78 is 37.2. The van der Waals surface area contributed by atoms with E-state index < -0.39 is 26.5 Å². The Hall–Kier alpha value is -3.70. The van der Waals surface area contributed by atoms with E-state index in [0.717, 1.165) is 6.07 Å². The van der Waals surface area contributed by atoms with Crippen molar-refractivity contribution in [2.24, 2.45) is 0 Å². The number of furan rings is 1. The highest BCUT2D eigenvalue weighted by atomic mass is 32.2. The lowest BCUT2D eigenvalue weighted by Gasteiger charge is -2.09. The van der Waals surface area contributed by atoms with E-state index in [0.29, 0.717) is 11.3 Å². The molecule has 11 heteroatoms. The molecule has 0 spiro atoms. The SMILES string of the molecule is COc1ccc(S(=O)(=O)NCc2ccc(NC(=O)c3ccco3)cc2)cc1[N+](=O)[O-]. The smallest absolute Gasteiger partial charge is 0.312 e. The van der Waals surface area contributed by atoms with Crippen molar-refractivity contribution in [2.45, 2.75) is 11.4 Å². The van der Waals surface area contributed by atoms with Gasteiger partial charge >= 0.3 is 5.69 Å². The van der Waals surface area contributed by atoms with Crippen LogP contribution in [0.2, 0.25) is 0 Å². The fraction of sp³-hybridized carbons (Fsp3) is 0.105. The van der Waals surface area contributed by atoms with Gasteiger partial charge in [-0.3, -0.25) is 14.9 Å². The van der Waals surface area contributed by atoms with Crippen molar-refractivity contribution in [3.63, 3.8) is 0 Å². The zero-order chi connectivity index (χ0) is 21.7. The summed E-state index contributed by atoms with van der Waals surface area (Å²) in [6, 6.07) is 13.0. The molecule has 0 unspecified atom stereocenters. The van der Waals surface area contributed by atoms with Crippen LogP contribution in [0.5, 0.6) is 5.75 Å². The quantitative estimate of drug-likeness (QED) is 0.413. The van der Waals surface area contributed by atoms with Crippen LogP contribution in [0.1, 0.15) is 16.1 Å². The third-order valence-electron chi connectivity index (χ3n) is 4.08. The highest BCUT2D eigenvalue weighted by molar-refractivity contribution is 7.89. The van der Waals surface area contributed by atoms with E-state index in [4.69, 9.17) is 9.15 Å². The second-order valence-electron chi connectivity index (χ2n) is 6.04. The standard InChI is InChI=1S/C19H17N3O7S/c1-28-17-9-8-15(11-16(17)22(24)25)30(26,27)20-12-13-4-6-14(7-5-13)21-19(23)18-3-2-10-29-18/h2-11,20H,12H2,1H3,(H,21,23). The van der Waals surface area contributed by atoms with E-state index in [-0.39, 0.29) is 22.9 Å². The molecule has 1 amide bonds. The topological polar surface area (TPSA) is 141 Å². The maximum Gasteiger partial charge on any atom is 0.312 e. The van der Waals surface area contributed by atoms with E-state index in [1.807, 2.05) is 0 Å². The van der Waals surface area contributed by atoms with Crippen molar-refractivity contribution in [3.8, 4) is 5.75 Å². The number of carbonyl (C=O) groups is 1. The van der Waals surface area contributed by atoms with Crippen molar-refractivity contribution >= 4 is 27.3 Å². The summed E-state index contributed by atoms with van der Waals surface area (Å²) in [5.41, 5.74) is 0.684. The Morgan fingerprint density at radius 3 is 2.50 bits per heavy atom. The lowest BCUT2D eigenvalue weighted by atomic mass is 10.2. The number of ether oxygens (including phenoxy) is 1. The summed E-state index contributed by atoms with van der Waals surface area (Å²) in [7, 11) is -2.73. The molecule has 0 aliphatic heterocycles. The van der Waals surface area contributed by atoms with Crippen LogP contribution in [0.15, 0.2) is 70.2 Å². The van der Waals surface area contributed by atoms with Crippen LogP contribution in [0.25, 0.3) is 0 Å². The van der Waals surface area contributed by atoms with Gasteiger partial charge < -0.3 is 14.5 Å². The summed E-state index contributed by atoms with van der Waals surface area (Å²) in [6.07, 6.45) is 1.39. The number of sulfonamides is 1. The summed E-state index contributed by atoms with van der Waals surface area (Å²) in [4.78, 5) is 22.1. The van der Waals surface area contributed by atoms with Gasteiger partial charge in [-0.05, 0) is 42.0 Å². The molecule has 3 rings (SSSR count). The maximum absolute atomic E-state index is 12.5. The van der Waals surface area contributed by atoms with Crippen LogP contribution in [0.4, 0.5) is 11.4 Å². The molecule has 2 N–H and O–H groups in total. The number of hydrogen-bond donors (Lipinski definition) is 2. The lowest BCUT2D eigenvalue weighted by Crippen LogP contribution is -2.23. The minimum absolute atomic E-state index is 0.0360. The number of rotatable bonds is 8. The molecule has 10 nitrogen and oxygen atoms in total. The normalized spacial score (nSPS) is 11.1. The Balaban J connectivity index is 1.66. The monoisotopic (exact) mass is 431 g/mol. The minimum atomic E-state index is -3.99. The number of carbonyl (C=O) groups excluding carboxylic acids is 1. The molecule has 0 aliphatic carbocycles. The fourth-order valence-electron chi connectivity index (χ4n) is 2.55. The van der Waals surface area contributed by atoms with E-state index in [9.17, 15) is 23.3 Å². The molecule has 30 heavy (non-hydrogen) atoms. The Morgan fingerprint density at radius 1 is 1.17 bits per heavy atom. The molecule has 0 saturated heterocycles. The molecule has 0 aliphatic rings. The van der Waals surface area contributed by atoms with Gasteiger partial charge in [-0.1, -0.05) is 12.1 Å². The first-order valence-corrected chi connectivity index (χ1v) is 10.0. The second kappa shape index (κ2) is 8.76. The number of amides is 1. The second-order valence-corrected chi connectivity index (χ2v) is 7.81. The minimum Gasteiger partial charge on any atom is -0.490 e. The molecule has 156 valence electrons. The van der Waals surface area contributed by atoms with Crippen molar-refractivity contribution in [1.82, 2.24) is 4.72 Å². The third kappa shape index (κ3) is 4.82. The number of nitrogens with zero attached hydrogens (tertiary/aromatic N) is 1. The van der Waals surface area contributed by atoms with Crippen LogP contribution >= 0.6 is 0 Å². The van der Waals surface area contributed by atoms with Crippen LogP contribution < -0.4 is 14.8 Å². The maximum atomic E-state index is 12.5. The van der Waals surface area contributed by atoms with Crippen molar-refractivity contribution in [2.75, 3.05) is 12.4 Å². The highest BCUT2D eigenvalue weighted by Gasteiger charge is 2.21.